The molecule has 126 valence electrons. The number of benzene rings is 1. The highest BCUT2D eigenvalue weighted by atomic mass is 19.1. The van der Waals surface area contributed by atoms with Gasteiger partial charge in [0.05, 0.1) is 6.54 Å². The van der Waals surface area contributed by atoms with Gasteiger partial charge in [0.15, 0.2) is 0 Å². The van der Waals surface area contributed by atoms with Crippen molar-refractivity contribution in [1.29, 1.82) is 0 Å². The third-order valence-corrected chi connectivity index (χ3v) is 3.68. The molecule has 1 aliphatic rings. The monoisotopic (exact) mass is 323 g/mol. The maximum Gasteiger partial charge on any atom is 0.320 e. The molecule has 1 fully saturated rings. The van der Waals surface area contributed by atoms with Gasteiger partial charge in [-0.05, 0) is 12.5 Å². The van der Waals surface area contributed by atoms with Gasteiger partial charge in [-0.2, -0.15) is 0 Å². The van der Waals surface area contributed by atoms with Crippen LogP contribution in [0.1, 0.15) is 12.0 Å². The van der Waals surface area contributed by atoms with E-state index in [0.717, 1.165) is 6.42 Å². The number of rotatable bonds is 8. The number of carbonyl (C=O) groups excluding carboxylic acids is 2. The minimum absolute atomic E-state index is 0.0274. The SMILES string of the molecule is COCCCNC(=O)CN1CCN(Cc2ccccc2F)C1=O. The molecule has 23 heavy (non-hydrogen) atoms. The standard InChI is InChI=1S/C16H22FN3O3/c1-23-10-4-7-18-15(21)12-20-9-8-19(16(20)22)11-13-5-2-3-6-14(13)17/h2-3,5-6H,4,7-12H2,1H3,(H,18,21). The quantitative estimate of drug-likeness (QED) is 0.732. The van der Waals surface area contributed by atoms with Crippen molar-refractivity contribution >= 4 is 11.9 Å². The fraction of sp³-hybridized carbons (Fsp3) is 0.500. The lowest BCUT2D eigenvalue weighted by molar-refractivity contribution is -0.121. The first-order chi connectivity index (χ1) is 11.1. The summed E-state index contributed by atoms with van der Waals surface area (Å²) in [5.41, 5.74) is 0.478. The first kappa shape index (κ1) is 17.2. The summed E-state index contributed by atoms with van der Waals surface area (Å²) in [6, 6.07) is 6.16. The Morgan fingerprint density at radius 1 is 1.30 bits per heavy atom. The zero-order valence-corrected chi connectivity index (χ0v) is 13.3. The van der Waals surface area contributed by atoms with Crippen LogP contribution in [0.15, 0.2) is 24.3 Å². The number of amides is 3. The summed E-state index contributed by atoms with van der Waals surface area (Å²) in [7, 11) is 1.61. The molecule has 0 radical (unpaired) electrons. The Bertz CT molecular complexity index is 553. The lowest BCUT2D eigenvalue weighted by Gasteiger charge is -2.18. The summed E-state index contributed by atoms with van der Waals surface area (Å²) >= 11 is 0. The Labute approximate surface area is 135 Å². The summed E-state index contributed by atoms with van der Waals surface area (Å²) in [5.74, 6) is -0.517. The van der Waals surface area contributed by atoms with Crippen LogP contribution in [0.2, 0.25) is 0 Å². The smallest absolute Gasteiger partial charge is 0.320 e. The summed E-state index contributed by atoms with van der Waals surface area (Å²) in [5, 5.41) is 2.75. The van der Waals surface area contributed by atoms with Gasteiger partial charge in [-0.15, -0.1) is 0 Å². The Kier molecular flexibility index (Phi) is 6.34. The number of halogens is 1. The van der Waals surface area contributed by atoms with Crippen molar-refractivity contribution in [3.8, 4) is 0 Å². The van der Waals surface area contributed by atoms with Crippen molar-refractivity contribution in [2.75, 3.05) is 39.9 Å². The van der Waals surface area contributed by atoms with Crippen LogP contribution in [-0.4, -0.2) is 61.6 Å². The molecule has 0 aromatic heterocycles. The fourth-order valence-corrected chi connectivity index (χ4v) is 2.43. The molecule has 0 spiro atoms. The van der Waals surface area contributed by atoms with E-state index in [1.165, 1.54) is 11.0 Å². The van der Waals surface area contributed by atoms with Crippen LogP contribution in [0.5, 0.6) is 0 Å². The predicted octanol–water partition coefficient (Wildman–Crippen LogP) is 1.22. The summed E-state index contributed by atoms with van der Waals surface area (Å²) < 4.78 is 18.6. The molecular weight excluding hydrogens is 301 g/mol. The molecule has 1 N–H and O–H groups in total. The van der Waals surface area contributed by atoms with Crippen molar-refractivity contribution in [3.05, 3.63) is 35.6 Å². The largest absolute Gasteiger partial charge is 0.385 e. The molecule has 0 unspecified atom stereocenters. The minimum atomic E-state index is -0.324. The second kappa shape index (κ2) is 8.47. The molecular formula is C16H22FN3O3. The average molecular weight is 323 g/mol. The van der Waals surface area contributed by atoms with E-state index in [4.69, 9.17) is 4.74 Å². The summed E-state index contributed by atoms with van der Waals surface area (Å²) in [4.78, 5) is 27.1. The van der Waals surface area contributed by atoms with Gasteiger partial charge in [0.2, 0.25) is 5.91 Å². The number of hydrogen-bond donors (Lipinski definition) is 1. The van der Waals surface area contributed by atoms with Crippen LogP contribution in [0.4, 0.5) is 9.18 Å². The molecule has 0 aliphatic carbocycles. The molecule has 1 aliphatic heterocycles. The van der Waals surface area contributed by atoms with Gasteiger partial charge in [0, 0.05) is 38.9 Å². The Hall–Kier alpha value is -2.15. The van der Waals surface area contributed by atoms with E-state index in [2.05, 4.69) is 5.32 Å². The van der Waals surface area contributed by atoms with E-state index in [1.54, 1.807) is 30.2 Å². The van der Waals surface area contributed by atoms with Gasteiger partial charge in [0.25, 0.3) is 0 Å². The molecule has 1 aromatic carbocycles. The van der Waals surface area contributed by atoms with Gasteiger partial charge in [0.1, 0.15) is 12.4 Å². The molecule has 1 saturated heterocycles. The van der Waals surface area contributed by atoms with Crippen LogP contribution >= 0.6 is 0 Å². The van der Waals surface area contributed by atoms with Gasteiger partial charge < -0.3 is 19.9 Å². The number of hydrogen-bond acceptors (Lipinski definition) is 3. The summed E-state index contributed by atoms with van der Waals surface area (Å²) in [6.45, 7) is 2.31. The van der Waals surface area contributed by atoms with Crippen LogP contribution < -0.4 is 5.32 Å². The van der Waals surface area contributed by atoms with Crippen LogP contribution in [-0.2, 0) is 16.1 Å². The van der Waals surface area contributed by atoms with Crippen LogP contribution in [0.25, 0.3) is 0 Å². The summed E-state index contributed by atoms with van der Waals surface area (Å²) in [6.07, 6.45) is 0.732. The van der Waals surface area contributed by atoms with E-state index in [9.17, 15) is 14.0 Å². The highest BCUT2D eigenvalue weighted by molar-refractivity contribution is 5.85. The Morgan fingerprint density at radius 3 is 2.78 bits per heavy atom. The number of carbonyl (C=O) groups is 2. The van der Waals surface area contributed by atoms with Gasteiger partial charge >= 0.3 is 6.03 Å². The number of urea groups is 1. The van der Waals surface area contributed by atoms with Gasteiger partial charge in [-0.3, -0.25) is 4.79 Å². The van der Waals surface area contributed by atoms with E-state index >= 15 is 0 Å². The molecule has 0 bridgehead atoms. The second-order valence-electron chi connectivity index (χ2n) is 5.41. The molecule has 1 heterocycles. The lowest BCUT2D eigenvalue weighted by atomic mass is 10.2. The number of methoxy groups -OCH3 is 1. The third kappa shape index (κ3) is 4.92. The number of ether oxygens (including phenoxy) is 1. The maximum atomic E-state index is 13.7. The normalized spacial score (nSPS) is 14.4. The second-order valence-corrected chi connectivity index (χ2v) is 5.41. The fourth-order valence-electron chi connectivity index (χ4n) is 2.43. The maximum absolute atomic E-state index is 13.7. The van der Waals surface area contributed by atoms with Crippen molar-refractivity contribution < 1.29 is 18.7 Å². The molecule has 0 atom stereocenters. The van der Waals surface area contributed by atoms with Gasteiger partial charge in [-0.25, -0.2) is 9.18 Å². The zero-order valence-electron chi connectivity index (χ0n) is 13.3. The molecule has 2 rings (SSSR count). The third-order valence-electron chi connectivity index (χ3n) is 3.68. The van der Waals surface area contributed by atoms with Crippen LogP contribution in [0.3, 0.4) is 0 Å². The van der Waals surface area contributed by atoms with Crippen molar-refractivity contribution in [2.24, 2.45) is 0 Å². The first-order valence-electron chi connectivity index (χ1n) is 7.64. The number of nitrogens with one attached hydrogen (secondary N) is 1. The highest BCUT2D eigenvalue weighted by Gasteiger charge is 2.30. The minimum Gasteiger partial charge on any atom is -0.385 e. The van der Waals surface area contributed by atoms with E-state index < -0.39 is 0 Å². The van der Waals surface area contributed by atoms with Crippen molar-refractivity contribution in [1.82, 2.24) is 15.1 Å². The molecule has 0 saturated carbocycles. The highest BCUT2D eigenvalue weighted by Crippen LogP contribution is 2.15. The van der Waals surface area contributed by atoms with Gasteiger partial charge in [-0.1, -0.05) is 18.2 Å². The molecule has 7 heteroatoms. The first-order valence-corrected chi connectivity index (χ1v) is 7.64. The average Bonchev–Trinajstić information content (AvgIpc) is 2.87. The topological polar surface area (TPSA) is 61.9 Å². The molecule has 6 nitrogen and oxygen atoms in total. The Morgan fingerprint density at radius 2 is 2.04 bits per heavy atom. The van der Waals surface area contributed by atoms with E-state index in [1.807, 2.05) is 0 Å². The van der Waals surface area contributed by atoms with E-state index in [0.29, 0.717) is 31.8 Å². The predicted molar refractivity (Wildman–Crippen MR) is 83.3 cm³/mol. The molecule has 1 aromatic rings. The van der Waals surface area contributed by atoms with E-state index in [-0.39, 0.29) is 30.8 Å². The Balaban J connectivity index is 1.80. The zero-order chi connectivity index (χ0) is 16.7. The lowest BCUT2D eigenvalue weighted by Crippen LogP contribution is -2.40. The molecule has 3 amide bonds. The van der Waals surface area contributed by atoms with Crippen molar-refractivity contribution in [2.45, 2.75) is 13.0 Å². The number of nitrogens with zero attached hydrogens (tertiary/aromatic N) is 2. The van der Waals surface area contributed by atoms with Crippen molar-refractivity contribution in [3.63, 3.8) is 0 Å². The van der Waals surface area contributed by atoms with Crippen LogP contribution in [0, 0.1) is 5.82 Å².